The maximum absolute atomic E-state index is 12.2. The molecule has 0 radical (unpaired) electrons. The van der Waals surface area contributed by atoms with Crippen LogP contribution in [0.2, 0.25) is 0 Å². The number of methoxy groups -OCH3 is 1. The second-order valence-corrected chi connectivity index (χ2v) is 8.24. The molecule has 0 heterocycles. The number of benzene rings is 2. The Kier molecular flexibility index (Phi) is 14.4. The minimum absolute atomic E-state index is 0.0293. The van der Waals surface area contributed by atoms with Gasteiger partial charge in [-0.05, 0) is 61.8 Å². The van der Waals surface area contributed by atoms with E-state index in [0.29, 0.717) is 5.75 Å². The topological polar surface area (TPSA) is 55.8 Å². The Hall–Kier alpha value is -2.75. The zero-order chi connectivity index (χ0) is 24.5. The fraction of sp³-hybridized carbons (Fsp3) is 0.483. The van der Waals surface area contributed by atoms with Crippen molar-refractivity contribution in [2.24, 2.45) is 0 Å². The van der Waals surface area contributed by atoms with Gasteiger partial charge < -0.3 is 14.6 Å². The van der Waals surface area contributed by atoms with Crippen LogP contribution in [-0.2, 0) is 20.7 Å². The summed E-state index contributed by atoms with van der Waals surface area (Å²) in [6.45, 7) is 8.30. The summed E-state index contributed by atoms with van der Waals surface area (Å²) in [7, 11) is 1.49. The van der Waals surface area contributed by atoms with Crippen molar-refractivity contribution in [2.45, 2.75) is 85.2 Å². The summed E-state index contributed by atoms with van der Waals surface area (Å²) in [5.74, 6) is 0.339. The highest BCUT2D eigenvalue weighted by atomic mass is 16.6. The molecule has 0 amide bonds. The van der Waals surface area contributed by atoms with Crippen LogP contribution in [0.1, 0.15) is 82.4 Å². The third kappa shape index (κ3) is 11.1. The van der Waals surface area contributed by atoms with Gasteiger partial charge in [-0.1, -0.05) is 88.6 Å². The zero-order valence-electron chi connectivity index (χ0n) is 21.1. The van der Waals surface area contributed by atoms with Gasteiger partial charge in [0.1, 0.15) is 11.9 Å². The van der Waals surface area contributed by atoms with E-state index in [0.717, 1.165) is 48.8 Å². The lowest BCUT2D eigenvalue weighted by Crippen LogP contribution is -2.19. The number of hydrogen-bond donors (Lipinski definition) is 1. The van der Waals surface area contributed by atoms with Crippen LogP contribution < -0.4 is 0 Å². The van der Waals surface area contributed by atoms with E-state index in [1.807, 2.05) is 62.4 Å². The number of unbranched alkanes of at least 4 members (excludes halogenated alkanes) is 3. The molecule has 0 spiro atoms. The third-order valence-corrected chi connectivity index (χ3v) is 5.50. The lowest BCUT2D eigenvalue weighted by atomic mass is 10.0. The van der Waals surface area contributed by atoms with Gasteiger partial charge >= 0.3 is 5.97 Å². The van der Waals surface area contributed by atoms with Crippen LogP contribution in [0, 0.1) is 6.92 Å². The molecular formula is C29H42O4. The first kappa shape index (κ1) is 28.3. The first-order valence-electron chi connectivity index (χ1n) is 12.3. The van der Waals surface area contributed by atoms with Crippen LogP contribution in [0.4, 0.5) is 0 Å². The normalized spacial score (nSPS) is 11.8. The first-order valence-corrected chi connectivity index (χ1v) is 12.3. The van der Waals surface area contributed by atoms with E-state index in [1.165, 1.54) is 26.4 Å². The summed E-state index contributed by atoms with van der Waals surface area (Å²) in [6.07, 6.45) is 10.2. The number of aromatic hydroxyl groups is 1. The standard InChI is InChI=1S/C18H26O3.C11H16O/c1-4-6-8-13-16(5-2)21-18(19)17(20-3)14-15-11-9-7-10-12-15;1-3-4-7-10-8-5-6-9(2)11(10)12/h7,9-12,14,16H,4-6,8,13H2,1-3H3;5-6,8,12H,3-4,7H2,1-2H3. The molecule has 0 bridgehead atoms. The highest BCUT2D eigenvalue weighted by Crippen LogP contribution is 2.22. The molecule has 0 aliphatic rings. The first-order chi connectivity index (χ1) is 16.0. The van der Waals surface area contributed by atoms with Crippen LogP contribution in [0.15, 0.2) is 54.3 Å². The number of phenolic OH excluding ortho intramolecular Hbond substituents is 1. The molecule has 0 aromatic heterocycles. The quantitative estimate of drug-likeness (QED) is 0.155. The summed E-state index contributed by atoms with van der Waals surface area (Å²) in [5.41, 5.74) is 2.98. The van der Waals surface area contributed by atoms with Crippen LogP contribution >= 0.6 is 0 Å². The Bertz CT molecular complexity index is 827. The predicted molar refractivity (Wildman–Crippen MR) is 137 cm³/mol. The molecule has 2 rings (SSSR count). The van der Waals surface area contributed by atoms with Crippen molar-refractivity contribution >= 4 is 12.0 Å². The maximum atomic E-state index is 12.2. The highest BCUT2D eigenvalue weighted by molar-refractivity contribution is 5.91. The number of hydrogen-bond acceptors (Lipinski definition) is 4. The Morgan fingerprint density at radius 1 is 0.970 bits per heavy atom. The number of rotatable bonds is 12. The van der Waals surface area contributed by atoms with E-state index in [4.69, 9.17) is 9.47 Å². The van der Waals surface area contributed by atoms with E-state index < -0.39 is 0 Å². The smallest absolute Gasteiger partial charge is 0.373 e. The molecule has 0 saturated heterocycles. The van der Waals surface area contributed by atoms with Gasteiger partial charge in [-0.2, -0.15) is 0 Å². The maximum Gasteiger partial charge on any atom is 0.373 e. The Morgan fingerprint density at radius 2 is 1.67 bits per heavy atom. The summed E-state index contributed by atoms with van der Waals surface area (Å²) in [5, 5.41) is 9.62. The Labute approximate surface area is 200 Å². The van der Waals surface area contributed by atoms with E-state index in [1.54, 1.807) is 6.08 Å². The minimum atomic E-state index is -0.385. The molecule has 33 heavy (non-hydrogen) atoms. The molecule has 2 aromatic rings. The number of ether oxygens (including phenoxy) is 2. The third-order valence-electron chi connectivity index (χ3n) is 5.50. The second-order valence-electron chi connectivity index (χ2n) is 8.24. The lowest BCUT2D eigenvalue weighted by molar-refractivity contribution is -0.148. The number of phenols is 1. The molecule has 182 valence electrons. The van der Waals surface area contributed by atoms with Gasteiger partial charge in [0.2, 0.25) is 5.76 Å². The largest absolute Gasteiger partial charge is 0.507 e. The predicted octanol–water partition coefficient (Wildman–Crippen LogP) is 7.62. The molecule has 2 aromatic carbocycles. The van der Waals surface area contributed by atoms with E-state index in [9.17, 15) is 9.90 Å². The van der Waals surface area contributed by atoms with Crippen LogP contribution in [-0.4, -0.2) is 24.3 Å². The van der Waals surface area contributed by atoms with Crippen LogP contribution in [0.25, 0.3) is 6.08 Å². The molecule has 0 aliphatic carbocycles. The number of aryl methyl sites for hydroxylation is 2. The molecule has 4 nitrogen and oxygen atoms in total. The van der Waals surface area contributed by atoms with Gasteiger partial charge in [0.25, 0.3) is 0 Å². The number of esters is 1. The zero-order valence-corrected chi connectivity index (χ0v) is 21.1. The molecule has 1 atom stereocenters. The molecule has 1 N–H and O–H groups in total. The van der Waals surface area contributed by atoms with Crippen LogP contribution in [0.5, 0.6) is 5.75 Å². The van der Waals surface area contributed by atoms with Crippen molar-refractivity contribution in [1.29, 1.82) is 0 Å². The van der Waals surface area contributed by atoms with Crippen molar-refractivity contribution in [3.63, 3.8) is 0 Å². The van der Waals surface area contributed by atoms with E-state index >= 15 is 0 Å². The number of carbonyl (C=O) groups is 1. The van der Waals surface area contributed by atoms with E-state index in [-0.39, 0.29) is 17.8 Å². The SMILES string of the molecule is CCCCCC(CC)OC(=O)C(=Cc1ccccc1)OC.CCCCc1cccc(C)c1O. The molecular weight excluding hydrogens is 412 g/mol. The van der Waals surface area contributed by atoms with Crippen molar-refractivity contribution in [1.82, 2.24) is 0 Å². The van der Waals surface area contributed by atoms with Gasteiger partial charge in [0, 0.05) is 0 Å². The molecule has 4 heteroatoms. The average molecular weight is 455 g/mol. The summed E-state index contributed by atoms with van der Waals surface area (Å²) in [6, 6.07) is 15.6. The average Bonchev–Trinajstić information content (AvgIpc) is 2.84. The van der Waals surface area contributed by atoms with Crippen molar-refractivity contribution in [3.8, 4) is 5.75 Å². The number of para-hydroxylation sites is 1. The molecule has 0 fully saturated rings. The van der Waals surface area contributed by atoms with Gasteiger partial charge in [0.05, 0.1) is 7.11 Å². The summed E-state index contributed by atoms with van der Waals surface area (Å²) < 4.78 is 10.7. The van der Waals surface area contributed by atoms with Gasteiger partial charge in [-0.3, -0.25) is 0 Å². The van der Waals surface area contributed by atoms with Gasteiger partial charge in [-0.15, -0.1) is 0 Å². The minimum Gasteiger partial charge on any atom is -0.507 e. The molecule has 0 saturated carbocycles. The fourth-order valence-corrected chi connectivity index (χ4v) is 3.37. The van der Waals surface area contributed by atoms with Crippen molar-refractivity contribution in [2.75, 3.05) is 7.11 Å². The Morgan fingerprint density at radius 3 is 2.27 bits per heavy atom. The van der Waals surface area contributed by atoms with Crippen molar-refractivity contribution < 1.29 is 19.4 Å². The summed E-state index contributed by atoms with van der Waals surface area (Å²) in [4.78, 5) is 12.2. The van der Waals surface area contributed by atoms with Crippen molar-refractivity contribution in [3.05, 3.63) is 71.0 Å². The molecule has 0 aliphatic heterocycles. The number of carbonyl (C=O) groups excluding carboxylic acids is 1. The highest BCUT2D eigenvalue weighted by Gasteiger charge is 2.17. The van der Waals surface area contributed by atoms with Gasteiger partial charge in [0.15, 0.2) is 0 Å². The lowest BCUT2D eigenvalue weighted by Gasteiger charge is -2.16. The second kappa shape index (κ2) is 16.8. The molecule has 1 unspecified atom stereocenters. The summed E-state index contributed by atoms with van der Waals surface area (Å²) >= 11 is 0. The Balaban J connectivity index is 0.000000383. The van der Waals surface area contributed by atoms with Gasteiger partial charge in [-0.25, -0.2) is 4.79 Å². The monoisotopic (exact) mass is 454 g/mol. The van der Waals surface area contributed by atoms with E-state index in [2.05, 4.69) is 13.8 Å². The van der Waals surface area contributed by atoms with Crippen LogP contribution in [0.3, 0.4) is 0 Å². The fourth-order valence-electron chi connectivity index (χ4n) is 3.37.